The molecule has 0 unspecified atom stereocenters. The third-order valence-electron chi connectivity index (χ3n) is 2.23. The van der Waals surface area contributed by atoms with Gasteiger partial charge in [0.2, 0.25) is 0 Å². The van der Waals surface area contributed by atoms with Gasteiger partial charge in [-0.3, -0.25) is 5.32 Å². The number of anilines is 1. The molecule has 4 nitrogen and oxygen atoms in total. The summed E-state index contributed by atoms with van der Waals surface area (Å²) in [6.07, 6.45) is -1.21. The molecule has 0 saturated carbocycles. The van der Waals surface area contributed by atoms with Gasteiger partial charge in [0.15, 0.2) is 0 Å². The number of halogens is 1. The molecule has 5 heteroatoms. The SMILES string of the molecule is Cc1ccc(-c2cc(F)ccc2NC(=O)O)o1. The van der Waals surface area contributed by atoms with Gasteiger partial charge in [-0.05, 0) is 37.3 Å². The van der Waals surface area contributed by atoms with E-state index in [9.17, 15) is 9.18 Å². The summed E-state index contributed by atoms with van der Waals surface area (Å²) in [6, 6.07) is 7.16. The van der Waals surface area contributed by atoms with Crippen LogP contribution in [0.25, 0.3) is 11.3 Å². The minimum atomic E-state index is -1.21. The average Bonchev–Trinajstić information content (AvgIpc) is 2.67. The van der Waals surface area contributed by atoms with E-state index in [1.54, 1.807) is 19.1 Å². The zero-order valence-corrected chi connectivity index (χ0v) is 9.03. The average molecular weight is 235 g/mol. The number of nitrogens with one attached hydrogen (secondary N) is 1. The van der Waals surface area contributed by atoms with Gasteiger partial charge in [0.1, 0.15) is 17.3 Å². The molecule has 0 spiro atoms. The predicted molar refractivity (Wildman–Crippen MR) is 60.5 cm³/mol. The van der Waals surface area contributed by atoms with Crippen LogP contribution < -0.4 is 5.32 Å². The van der Waals surface area contributed by atoms with Crippen molar-refractivity contribution < 1.29 is 18.7 Å². The van der Waals surface area contributed by atoms with Gasteiger partial charge in [0.25, 0.3) is 0 Å². The number of furan rings is 1. The van der Waals surface area contributed by atoms with Crippen molar-refractivity contribution >= 4 is 11.8 Å². The van der Waals surface area contributed by atoms with Crippen LogP contribution in [0.4, 0.5) is 14.9 Å². The highest BCUT2D eigenvalue weighted by molar-refractivity contribution is 5.89. The molecular weight excluding hydrogens is 225 g/mol. The number of carbonyl (C=O) groups is 1. The summed E-state index contributed by atoms with van der Waals surface area (Å²) >= 11 is 0. The molecule has 0 atom stereocenters. The van der Waals surface area contributed by atoms with Crippen molar-refractivity contribution in [3.05, 3.63) is 41.9 Å². The third kappa shape index (κ3) is 2.44. The molecule has 0 aliphatic carbocycles. The summed E-state index contributed by atoms with van der Waals surface area (Å²) in [7, 11) is 0. The van der Waals surface area contributed by atoms with E-state index in [1.165, 1.54) is 18.2 Å². The minimum absolute atomic E-state index is 0.285. The van der Waals surface area contributed by atoms with E-state index in [-0.39, 0.29) is 5.69 Å². The maximum atomic E-state index is 13.2. The van der Waals surface area contributed by atoms with Crippen LogP contribution >= 0.6 is 0 Å². The van der Waals surface area contributed by atoms with Crippen molar-refractivity contribution in [2.45, 2.75) is 6.92 Å². The monoisotopic (exact) mass is 235 g/mol. The Hall–Kier alpha value is -2.30. The van der Waals surface area contributed by atoms with Crippen molar-refractivity contribution in [3.8, 4) is 11.3 Å². The molecule has 1 amide bonds. The van der Waals surface area contributed by atoms with E-state index in [0.717, 1.165) is 0 Å². The Morgan fingerprint density at radius 1 is 1.35 bits per heavy atom. The van der Waals surface area contributed by atoms with Crippen molar-refractivity contribution in [1.29, 1.82) is 0 Å². The van der Waals surface area contributed by atoms with Crippen LogP contribution in [0.5, 0.6) is 0 Å². The lowest BCUT2D eigenvalue weighted by Crippen LogP contribution is -2.08. The van der Waals surface area contributed by atoms with Gasteiger partial charge in [0.05, 0.1) is 5.69 Å². The predicted octanol–water partition coefficient (Wildman–Crippen LogP) is 3.48. The van der Waals surface area contributed by atoms with Crippen LogP contribution in [0.3, 0.4) is 0 Å². The molecule has 0 fully saturated rings. The van der Waals surface area contributed by atoms with Crippen molar-refractivity contribution in [1.82, 2.24) is 0 Å². The lowest BCUT2D eigenvalue weighted by Gasteiger charge is -2.06. The maximum Gasteiger partial charge on any atom is 0.409 e. The largest absolute Gasteiger partial charge is 0.465 e. The molecule has 1 heterocycles. The van der Waals surface area contributed by atoms with E-state index in [2.05, 4.69) is 5.32 Å². The summed E-state index contributed by atoms with van der Waals surface area (Å²) in [6.45, 7) is 1.76. The first kappa shape index (κ1) is 11.2. The number of benzene rings is 1. The van der Waals surface area contributed by atoms with E-state index in [1.807, 2.05) is 0 Å². The lowest BCUT2D eigenvalue weighted by atomic mass is 10.1. The fourth-order valence-corrected chi connectivity index (χ4v) is 1.52. The van der Waals surface area contributed by atoms with Crippen LogP contribution in [0.15, 0.2) is 34.7 Å². The summed E-state index contributed by atoms with van der Waals surface area (Å²) < 4.78 is 18.5. The highest BCUT2D eigenvalue weighted by Crippen LogP contribution is 2.30. The number of hydrogen-bond donors (Lipinski definition) is 2. The van der Waals surface area contributed by atoms with Crippen molar-refractivity contribution in [3.63, 3.8) is 0 Å². The van der Waals surface area contributed by atoms with Crippen LogP contribution in [-0.4, -0.2) is 11.2 Å². The molecule has 1 aromatic heterocycles. The quantitative estimate of drug-likeness (QED) is 0.837. The lowest BCUT2D eigenvalue weighted by molar-refractivity contribution is 0.210. The molecule has 2 aromatic rings. The number of aryl methyl sites for hydroxylation is 1. The van der Waals surface area contributed by atoms with Crippen LogP contribution in [0.2, 0.25) is 0 Å². The highest BCUT2D eigenvalue weighted by Gasteiger charge is 2.11. The highest BCUT2D eigenvalue weighted by atomic mass is 19.1. The Balaban J connectivity index is 2.50. The Labute approximate surface area is 96.7 Å². The molecule has 0 aliphatic rings. The molecule has 17 heavy (non-hydrogen) atoms. The molecule has 2 N–H and O–H groups in total. The van der Waals surface area contributed by atoms with Gasteiger partial charge >= 0.3 is 6.09 Å². The number of hydrogen-bond acceptors (Lipinski definition) is 2. The van der Waals surface area contributed by atoms with Gasteiger partial charge in [-0.1, -0.05) is 0 Å². The summed E-state index contributed by atoms with van der Waals surface area (Å²) in [5, 5.41) is 10.9. The molecule has 88 valence electrons. The zero-order chi connectivity index (χ0) is 12.4. The van der Waals surface area contributed by atoms with Gasteiger partial charge in [-0.25, -0.2) is 9.18 Å². The molecule has 1 aromatic carbocycles. The number of rotatable bonds is 2. The van der Waals surface area contributed by atoms with E-state index >= 15 is 0 Å². The second kappa shape index (κ2) is 4.29. The molecule has 0 bridgehead atoms. The first-order valence-corrected chi connectivity index (χ1v) is 4.92. The molecule has 0 saturated heterocycles. The molecule has 0 aliphatic heterocycles. The summed E-state index contributed by atoms with van der Waals surface area (Å²) in [5.41, 5.74) is 0.661. The van der Waals surface area contributed by atoms with Crippen molar-refractivity contribution in [2.75, 3.05) is 5.32 Å². The van der Waals surface area contributed by atoms with Crippen LogP contribution in [-0.2, 0) is 0 Å². The van der Waals surface area contributed by atoms with Gasteiger partial charge in [0, 0.05) is 5.56 Å². The smallest absolute Gasteiger partial charge is 0.409 e. The van der Waals surface area contributed by atoms with Gasteiger partial charge in [-0.2, -0.15) is 0 Å². The van der Waals surface area contributed by atoms with Gasteiger partial charge in [-0.15, -0.1) is 0 Å². The number of carboxylic acid groups (broad SMARTS) is 1. The molecule has 0 radical (unpaired) electrons. The molecule has 2 rings (SSSR count). The normalized spacial score (nSPS) is 10.2. The van der Waals surface area contributed by atoms with Crippen LogP contribution in [0, 0.1) is 12.7 Å². The van der Waals surface area contributed by atoms with E-state index < -0.39 is 11.9 Å². The Morgan fingerprint density at radius 3 is 2.71 bits per heavy atom. The maximum absolute atomic E-state index is 13.2. The Kier molecular flexibility index (Phi) is 2.82. The van der Waals surface area contributed by atoms with Crippen LogP contribution in [0.1, 0.15) is 5.76 Å². The van der Waals surface area contributed by atoms with E-state index in [0.29, 0.717) is 17.1 Å². The first-order valence-electron chi connectivity index (χ1n) is 4.92. The summed E-state index contributed by atoms with van der Waals surface area (Å²) in [4.78, 5) is 10.6. The third-order valence-corrected chi connectivity index (χ3v) is 2.23. The summed E-state index contributed by atoms with van der Waals surface area (Å²) in [5.74, 6) is 0.640. The first-order chi connectivity index (χ1) is 8.06. The Bertz CT molecular complexity index is 563. The topological polar surface area (TPSA) is 62.5 Å². The Morgan fingerprint density at radius 2 is 2.12 bits per heavy atom. The second-order valence-electron chi connectivity index (χ2n) is 3.53. The fraction of sp³-hybridized carbons (Fsp3) is 0.0833. The fourth-order valence-electron chi connectivity index (χ4n) is 1.52. The molecular formula is C12H10FNO3. The zero-order valence-electron chi connectivity index (χ0n) is 9.03. The minimum Gasteiger partial charge on any atom is -0.465 e. The van der Waals surface area contributed by atoms with Gasteiger partial charge < -0.3 is 9.52 Å². The standard InChI is InChI=1S/C12H10FNO3/c1-7-2-5-11(17-7)9-6-8(13)3-4-10(9)14-12(15)16/h2-6,14H,1H3,(H,15,16). The van der Waals surface area contributed by atoms with E-state index in [4.69, 9.17) is 9.52 Å². The number of amides is 1. The van der Waals surface area contributed by atoms with Crippen molar-refractivity contribution in [2.24, 2.45) is 0 Å². The second-order valence-corrected chi connectivity index (χ2v) is 3.53.